The van der Waals surface area contributed by atoms with E-state index >= 15 is 0 Å². The number of benzene rings is 2. The molecule has 0 saturated carbocycles. The van der Waals surface area contributed by atoms with Crippen LogP contribution in [0.5, 0.6) is 0 Å². The van der Waals surface area contributed by atoms with E-state index in [1.54, 1.807) is 23.5 Å². The van der Waals surface area contributed by atoms with Gasteiger partial charge >= 0.3 is 0 Å². The summed E-state index contributed by atoms with van der Waals surface area (Å²) < 4.78 is 2.07. The van der Waals surface area contributed by atoms with Gasteiger partial charge in [-0.3, -0.25) is 10.1 Å². The third-order valence-corrected chi connectivity index (χ3v) is 5.04. The molecule has 4 nitrogen and oxygen atoms in total. The summed E-state index contributed by atoms with van der Waals surface area (Å²) in [5.74, 6) is 0.553. The van der Waals surface area contributed by atoms with Crippen molar-refractivity contribution in [2.45, 2.75) is 10.1 Å². The molecule has 2 aromatic carbocycles. The molecule has 1 heterocycles. The zero-order valence-electron chi connectivity index (χ0n) is 10.4. The summed E-state index contributed by atoms with van der Waals surface area (Å²) in [6.07, 6.45) is 0. The predicted molar refractivity (Wildman–Crippen MR) is 82.3 cm³/mol. The van der Waals surface area contributed by atoms with Crippen LogP contribution in [-0.4, -0.2) is 9.91 Å². The van der Waals surface area contributed by atoms with Gasteiger partial charge in [-0.15, -0.1) is 11.3 Å². The first kappa shape index (κ1) is 13.1. The number of thioether (sulfide) groups is 1. The Labute approximate surface area is 123 Å². The van der Waals surface area contributed by atoms with Gasteiger partial charge in [0.25, 0.3) is 5.69 Å². The minimum absolute atomic E-state index is 0.168. The highest BCUT2D eigenvalue weighted by molar-refractivity contribution is 8.00. The normalized spacial score (nSPS) is 10.8. The van der Waals surface area contributed by atoms with E-state index in [0.717, 1.165) is 20.1 Å². The molecule has 100 valence electrons. The molecule has 6 heteroatoms. The lowest BCUT2D eigenvalue weighted by molar-refractivity contribution is -0.385. The second-order valence-electron chi connectivity index (χ2n) is 4.12. The van der Waals surface area contributed by atoms with Crippen LogP contribution >= 0.6 is 23.1 Å². The predicted octanol–water partition coefficient (Wildman–Crippen LogP) is 4.50. The molecule has 0 N–H and O–H groups in total. The highest BCUT2D eigenvalue weighted by atomic mass is 32.2. The average molecular weight is 302 g/mol. The van der Waals surface area contributed by atoms with Gasteiger partial charge in [0.2, 0.25) is 0 Å². The van der Waals surface area contributed by atoms with Crippen molar-refractivity contribution < 1.29 is 4.92 Å². The van der Waals surface area contributed by atoms with Crippen molar-refractivity contribution in [3.05, 3.63) is 64.2 Å². The second kappa shape index (κ2) is 5.60. The van der Waals surface area contributed by atoms with E-state index in [2.05, 4.69) is 4.98 Å². The molecule has 0 aliphatic rings. The lowest BCUT2D eigenvalue weighted by Gasteiger charge is -2.00. The number of hydrogen-bond acceptors (Lipinski definition) is 5. The molecule has 0 atom stereocenters. The number of rotatable bonds is 4. The van der Waals surface area contributed by atoms with E-state index in [-0.39, 0.29) is 10.6 Å². The zero-order valence-corrected chi connectivity index (χ0v) is 12.0. The number of nitrogens with zero attached hydrogens (tertiary/aromatic N) is 2. The summed E-state index contributed by atoms with van der Waals surface area (Å²) in [6, 6.07) is 14.8. The van der Waals surface area contributed by atoms with Gasteiger partial charge in [0.1, 0.15) is 0 Å². The van der Waals surface area contributed by atoms with Crippen LogP contribution in [0.4, 0.5) is 5.69 Å². The zero-order chi connectivity index (χ0) is 13.9. The summed E-state index contributed by atoms with van der Waals surface area (Å²) in [7, 11) is 0. The van der Waals surface area contributed by atoms with E-state index in [1.807, 2.05) is 30.3 Å². The lowest BCUT2D eigenvalue weighted by atomic mass is 10.2. The highest BCUT2D eigenvalue weighted by Crippen LogP contribution is 2.33. The Balaban J connectivity index is 1.81. The Morgan fingerprint density at radius 1 is 1.15 bits per heavy atom. The Kier molecular flexibility index (Phi) is 3.66. The van der Waals surface area contributed by atoms with Gasteiger partial charge in [-0.25, -0.2) is 4.98 Å². The lowest BCUT2D eigenvalue weighted by Crippen LogP contribution is -1.93. The molecule has 3 rings (SSSR count). The molecule has 0 aliphatic carbocycles. The van der Waals surface area contributed by atoms with Crippen LogP contribution in [0.15, 0.2) is 52.9 Å². The fourth-order valence-corrected chi connectivity index (χ4v) is 3.93. The first-order valence-electron chi connectivity index (χ1n) is 5.95. The molecule has 20 heavy (non-hydrogen) atoms. The van der Waals surface area contributed by atoms with Gasteiger partial charge in [0.05, 0.1) is 15.1 Å². The van der Waals surface area contributed by atoms with Gasteiger partial charge in [-0.05, 0) is 12.1 Å². The summed E-state index contributed by atoms with van der Waals surface area (Å²) >= 11 is 3.15. The van der Waals surface area contributed by atoms with Crippen LogP contribution in [0, 0.1) is 10.1 Å². The van der Waals surface area contributed by atoms with Crippen LogP contribution in [-0.2, 0) is 5.75 Å². The number of aromatic nitrogens is 1. The van der Waals surface area contributed by atoms with Crippen molar-refractivity contribution in [3.63, 3.8) is 0 Å². The van der Waals surface area contributed by atoms with Gasteiger partial charge in [-0.2, -0.15) is 0 Å². The van der Waals surface area contributed by atoms with Crippen LogP contribution < -0.4 is 0 Å². The van der Waals surface area contributed by atoms with E-state index in [9.17, 15) is 10.1 Å². The van der Waals surface area contributed by atoms with Crippen molar-refractivity contribution in [3.8, 4) is 0 Å². The van der Waals surface area contributed by atoms with E-state index < -0.39 is 0 Å². The van der Waals surface area contributed by atoms with E-state index in [0.29, 0.717) is 5.75 Å². The molecular weight excluding hydrogens is 292 g/mol. The molecular formula is C14H10N2O2S2. The minimum atomic E-state index is -0.339. The topological polar surface area (TPSA) is 56.0 Å². The maximum absolute atomic E-state index is 11.0. The van der Waals surface area contributed by atoms with Gasteiger partial charge in [-0.1, -0.05) is 42.1 Å². The molecule has 0 amide bonds. The summed E-state index contributed by atoms with van der Waals surface area (Å²) in [4.78, 5) is 15.1. The molecule has 3 aromatic rings. The Bertz CT molecular complexity index is 737. The molecule has 0 bridgehead atoms. The molecule has 0 radical (unpaired) electrons. The number of para-hydroxylation sites is 2. The quantitative estimate of drug-likeness (QED) is 0.404. The highest BCUT2D eigenvalue weighted by Gasteiger charge is 2.13. The molecule has 0 fully saturated rings. The van der Waals surface area contributed by atoms with E-state index in [4.69, 9.17) is 0 Å². The Hall–Kier alpha value is -1.92. The third kappa shape index (κ3) is 2.66. The Morgan fingerprint density at radius 2 is 1.90 bits per heavy atom. The molecule has 0 aliphatic heterocycles. The summed E-state index contributed by atoms with van der Waals surface area (Å²) in [5.41, 5.74) is 1.87. The first-order valence-corrected chi connectivity index (χ1v) is 7.75. The number of fused-ring (bicyclic) bond motifs is 1. The average Bonchev–Trinajstić information content (AvgIpc) is 2.88. The molecule has 0 saturated heterocycles. The van der Waals surface area contributed by atoms with Crippen molar-refractivity contribution in [2.24, 2.45) is 0 Å². The van der Waals surface area contributed by atoms with Crippen molar-refractivity contribution in [1.29, 1.82) is 0 Å². The van der Waals surface area contributed by atoms with Gasteiger partial charge in [0.15, 0.2) is 4.34 Å². The van der Waals surface area contributed by atoms with Gasteiger partial charge in [0, 0.05) is 17.4 Å². The first-order chi connectivity index (χ1) is 9.74. The maximum atomic E-state index is 11.0. The second-order valence-corrected chi connectivity index (χ2v) is 6.38. The van der Waals surface area contributed by atoms with Gasteiger partial charge < -0.3 is 0 Å². The SMILES string of the molecule is O=[N+]([O-])c1ccccc1CSc1nc2ccccc2s1. The standard InChI is InChI=1S/C14H10N2O2S2/c17-16(18)12-7-3-1-5-10(12)9-19-14-15-11-6-2-4-8-13(11)20-14/h1-8H,9H2. The summed E-state index contributed by atoms with van der Waals surface area (Å²) in [6.45, 7) is 0. The largest absolute Gasteiger partial charge is 0.273 e. The smallest absolute Gasteiger partial charge is 0.258 e. The van der Waals surface area contributed by atoms with Crippen LogP contribution in [0.25, 0.3) is 10.2 Å². The number of nitro benzene ring substituents is 1. The summed E-state index contributed by atoms with van der Waals surface area (Å²) in [5, 5.41) is 11.0. The number of hydrogen-bond donors (Lipinski definition) is 0. The monoisotopic (exact) mass is 302 g/mol. The number of thiazole rings is 1. The maximum Gasteiger partial charge on any atom is 0.273 e. The fourth-order valence-electron chi connectivity index (χ4n) is 1.86. The van der Waals surface area contributed by atoms with Crippen molar-refractivity contribution in [1.82, 2.24) is 4.98 Å². The number of nitro groups is 1. The Morgan fingerprint density at radius 3 is 2.70 bits per heavy atom. The molecule has 1 aromatic heterocycles. The molecule has 0 spiro atoms. The van der Waals surface area contributed by atoms with Crippen molar-refractivity contribution >= 4 is 39.0 Å². The van der Waals surface area contributed by atoms with Crippen LogP contribution in [0.2, 0.25) is 0 Å². The van der Waals surface area contributed by atoms with Crippen LogP contribution in [0.3, 0.4) is 0 Å². The molecule has 0 unspecified atom stereocenters. The van der Waals surface area contributed by atoms with E-state index in [1.165, 1.54) is 17.8 Å². The van der Waals surface area contributed by atoms with Crippen molar-refractivity contribution in [2.75, 3.05) is 0 Å². The third-order valence-electron chi connectivity index (χ3n) is 2.81. The minimum Gasteiger partial charge on any atom is -0.258 e. The fraction of sp³-hybridized carbons (Fsp3) is 0.0714. The van der Waals surface area contributed by atoms with Crippen LogP contribution in [0.1, 0.15) is 5.56 Å².